The number of nitrogens with zero attached hydrogens (tertiary/aromatic N) is 2. The van der Waals surface area contributed by atoms with E-state index < -0.39 is 0 Å². The van der Waals surface area contributed by atoms with Crippen molar-refractivity contribution < 1.29 is 0 Å². The van der Waals surface area contributed by atoms with E-state index in [4.69, 9.17) is 0 Å². The summed E-state index contributed by atoms with van der Waals surface area (Å²) < 4.78 is 0. The highest BCUT2D eigenvalue weighted by Crippen LogP contribution is 2.45. The predicted octanol–water partition coefficient (Wildman–Crippen LogP) is 8.76. The molecule has 0 radical (unpaired) electrons. The van der Waals surface area contributed by atoms with E-state index in [0.717, 1.165) is 25.9 Å². The highest BCUT2D eigenvalue weighted by molar-refractivity contribution is 5.30. The average molecular weight is 461 g/mol. The quantitative estimate of drug-likeness (QED) is 0.231. The van der Waals surface area contributed by atoms with Gasteiger partial charge >= 0.3 is 0 Å². The molecule has 2 nitrogen and oxygen atoms in total. The van der Waals surface area contributed by atoms with E-state index in [1.54, 1.807) is 0 Å². The Morgan fingerprint density at radius 2 is 1.15 bits per heavy atom. The lowest BCUT2D eigenvalue weighted by Crippen LogP contribution is -2.59. The van der Waals surface area contributed by atoms with Crippen molar-refractivity contribution in [1.29, 1.82) is 0 Å². The van der Waals surface area contributed by atoms with E-state index in [9.17, 15) is 0 Å². The van der Waals surface area contributed by atoms with Crippen LogP contribution in [0, 0.1) is 0 Å². The lowest BCUT2D eigenvalue weighted by atomic mass is 9.78. The van der Waals surface area contributed by atoms with Gasteiger partial charge < -0.3 is 9.80 Å². The highest BCUT2D eigenvalue weighted by atomic mass is 15.4. The molecule has 0 saturated carbocycles. The maximum Gasteiger partial charge on any atom is 0.123 e. The second-order valence-corrected chi connectivity index (χ2v) is 10.1. The van der Waals surface area contributed by atoms with Gasteiger partial charge in [-0.2, -0.15) is 0 Å². The molecule has 1 heterocycles. The van der Waals surface area contributed by atoms with Gasteiger partial charge in [0.1, 0.15) is 5.66 Å². The van der Waals surface area contributed by atoms with E-state index in [1.165, 1.54) is 68.9 Å². The van der Waals surface area contributed by atoms with Crippen LogP contribution in [0.5, 0.6) is 0 Å². The van der Waals surface area contributed by atoms with E-state index in [2.05, 4.69) is 104 Å². The summed E-state index contributed by atoms with van der Waals surface area (Å²) in [5.41, 5.74) is 2.86. The number of benzene rings is 2. The van der Waals surface area contributed by atoms with Crippen LogP contribution in [0.2, 0.25) is 0 Å². The average Bonchev–Trinajstić information content (AvgIpc) is 3.21. The van der Waals surface area contributed by atoms with Crippen LogP contribution in [0.1, 0.15) is 102 Å². The second-order valence-electron chi connectivity index (χ2n) is 10.1. The van der Waals surface area contributed by atoms with Crippen molar-refractivity contribution >= 4 is 0 Å². The molecule has 2 aromatic rings. The minimum atomic E-state index is -0.0468. The van der Waals surface area contributed by atoms with Crippen LogP contribution in [-0.2, 0) is 6.42 Å². The van der Waals surface area contributed by atoms with E-state index in [-0.39, 0.29) is 5.66 Å². The first-order valence-corrected chi connectivity index (χ1v) is 14.1. The first-order valence-electron chi connectivity index (χ1n) is 14.1. The summed E-state index contributed by atoms with van der Waals surface area (Å²) in [6.45, 7) is 9.25. The first-order chi connectivity index (χ1) is 16.8. The van der Waals surface area contributed by atoms with E-state index >= 15 is 0 Å². The monoisotopic (exact) mass is 460 g/mol. The van der Waals surface area contributed by atoms with Gasteiger partial charge in [0.15, 0.2) is 0 Å². The molecular formula is C32H48N2. The fraction of sp³-hybridized carbons (Fsp3) is 0.562. The van der Waals surface area contributed by atoms with Crippen LogP contribution >= 0.6 is 0 Å². The van der Waals surface area contributed by atoms with Gasteiger partial charge in [-0.1, -0.05) is 126 Å². The Labute approximate surface area is 210 Å². The van der Waals surface area contributed by atoms with Crippen molar-refractivity contribution in [2.24, 2.45) is 0 Å². The van der Waals surface area contributed by atoms with Crippen LogP contribution < -0.4 is 0 Å². The summed E-state index contributed by atoms with van der Waals surface area (Å²) in [5, 5.41) is 0. The molecule has 0 N–H and O–H groups in total. The Balaban J connectivity index is 1.89. The van der Waals surface area contributed by atoms with Crippen molar-refractivity contribution in [1.82, 2.24) is 9.80 Å². The Hall–Kier alpha value is -2.22. The zero-order chi connectivity index (χ0) is 24.1. The lowest BCUT2D eigenvalue weighted by molar-refractivity contribution is -0.00355. The summed E-state index contributed by atoms with van der Waals surface area (Å²) in [4.78, 5) is 5.43. The fourth-order valence-corrected chi connectivity index (χ4v) is 5.83. The second kappa shape index (κ2) is 14.2. The Kier molecular flexibility index (Phi) is 11.1. The molecule has 2 atom stereocenters. The van der Waals surface area contributed by atoms with Gasteiger partial charge in [0.2, 0.25) is 0 Å². The number of rotatable bonds is 16. The lowest BCUT2D eigenvalue weighted by Gasteiger charge is -2.51. The third-order valence-corrected chi connectivity index (χ3v) is 7.65. The topological polar surface area (TPSA) is 6.48 Å². The molecule has 0 saturated heterocycles. The highest BCUT2D eigenvalue weighted by Gasteiger charge is 2.49. The SMILES string of the molecule is CCCCCCCCCN1C=CN(CCCC)C1(Cc1ccccc1)C(CC)c1ccccc1. The van der Waals surface area contributed by atoms with Crippen molar-refractivity contribution in [3.8, 4) is 0 Å². The number of hydrogen-bond donors (Lipinski definition) is 0. The van der Waals surface area contributed by atoms with Gasteiger partial charge in [0, 0.05) is 37.8 Å². The molecule has 3 rings (SSSR count). The summed E-state index contributed by atoms with van der Waals surface area (Å²) in [6.07, 6.45) is 19.0. The van der Waals surface area contributed by atoms with Gasteiger partial charge in [0.25, 0.3) is 0 Å². The molecule has 2 aromatic carbocycles. The molecule has 0 spiro atoms. The molecule has 2 heteroatoms. The molecule has 186 valence electrons. The standard InChI is InChI=1S/C32H48N2/c1-4-7-9-10-11-12-19-25-34-27-26-33(24-8-5-2)32(34,28-29-20-15-13-16-21-29)31(6-3)30-22-17-14-18-23-30/h13-18,20-23,26-27,31H,4-12,19,24-25,28H2,1-3H3. The van der Waals surface area contributed by atoms with Crippen LogP contribution in [0.15, 0.2) is 73.1 Å². The Bertz CT molecular complexity index is 815. The van der Waals surface area contributed by atoms with Crippen molar-refractivity contribution in [2.75, 3.05) is 13.1 Å². The third-order valence-electron chi connectivity index (χ3n) is 7.65. The smallest absolute Gasteiger partial charge is 0.123 e. The number of hydrogen-bond acceptors (Lipinski definition) is 2. The molecule has 0 fully saturated rings. The molecule has 0 aliphatic carbocycles. The van der Waals surface area contributed by atoms with Gasteiger partial charge in [-0.15, -0.1) is 0 Å². The zero-order valence-corrected chi connectivity index (χ0v) is 22.1. The van der Waals surface area contributed by atoms with Crippen molar-refractivity contribution in [2.45, 2.75) is 103 Å². The summed E-state index contributed by atoms with van der Waals surface area (Å²) in [6, 6.07) is 22.5. The van der Waals surface area contributed by atoms with Crippen LogP contribution in [-0.4, -0.2) is 28.6 Å². The van der Waals surface area contributed by atoms with Crippen LogP contribution in [0.25, 0.3) is 0 Å². The molecule has 2 unspecified atom stereocenters. The third kappa shape index (κ3) is 6.68. The summed E-state index contributed by atoms with van der Waals surface area (Å²) in [7, 11) is 0. The van der Waals surface area contributed by atoms with Gasteiger partial charge in [-0.25, -0.2) is 0 Å². The molecule has 0 amide bonds. The predicted molar refractivity (Wildman–Crippen MR) is 148 cm³/mol. The largest absolute Gasteiger partial charge is 0.353 e. The molecular weight excluding hydrogens is 412 g/mol. The normalized spacial score (nSPS) is 18.6. The molecule has 1 aliphatic rings. The van der Waals surface area contributed by atoms with Gasteiger partial charge in [-0.3, -0.25) is 0 Å². The zero-order valence-electron chi connectivity index (χ0n) is 22.1. The van der Waals surface area contributed by atoms with Crippen LogP contribution in [0.3, 0.4) is 0 Å². The van der Waals surface area contributed by atoms with E-state index in [1.807, 2.05) is 0 Å². The van der Waals surface area contributed by atoms with Crippen molar-refractivity contribution in [3.63, 3.8) is 0 Å². The number of unbranched alkanes of at least 4 members (excludes halogenated alkanes) is 7. The summed E-state index contributed by atoms with van der Waals surface area (Å²) in [5.74, 6) is 0.449. The van der Waals surface area contributed by atoms with Crippen LogP contribution in [0.4, 0.5) is 0 Å². The minimum absolute atomic E-state index is 0.0468. The first kappa shape index (κ1) is 26.4. The maximum absolute atomic E-state index is 2.73. The fourth-order valence-electron chi connectivity index (χ4n) is 5.83. The molecule has 0 bridgehead atoms. The van der Waals surface area contributed by atoms with E-state index in [0.29, 0.717) is 5.92 Å². The Morgan fingerprint density at radius 3 is 1.74 bits per heavy atom. The van der Waals surface area contributed by atoms with Gasteiger partial charge in [-0.05, 0) is 30.4 Å². The Morgan fingerprint density at radius 1 is 0.618 bits per heavy atom. The minimum Gasteiger partial charge on any atom is -0.353 e. The molecule has 0 aromatic heterocycles. The van der Waals surface area contributed by atoms with Crippen molar-refractivity contribution in [3.05, 3.63) is 84.2 Å². The summed E-state index contributed by atoms with van der Waals surface area (Å²) >= 11 is 0. The maximum atomic E-state index is 2.73. The molecule has 34 heavy (non-hydrogen) atoms. The molecule has 1 aliphatic heterocycles. The van der Waals surface area contributed by atoms with Gasteiger partial charge in [0.05, 0.1) is 0 Å².